The summed E-state index contributed by atoms with van der Waals surface area (Å²) in [6.45, 7) is 0. The summed E-state index contributed by atoms with van der Waals surface area (Å²) in [5.41, 5.74) is 19.2. The van der Waals surface area contributed by atoms with Crippen molar-refractivity contribution in [1.29, 1.82) is 0 Å². The zero-order chi connectivity index (χ0) is 41.7. The molecule has 0 saturated heterocycles. The Morgan fingerprint density at radius 3 is 1.41 bits per heavy atom. The van der Waals surface area contributed by atoms with E-state index in [-0.39, 0.29) is 0 Å². The molecule has 11 aromatic rings. The zero-order valence-corrected chi connectivity index (χ0v) is 34.5. The normalized spacial score (nSPS) is 12.6. The summed E-state index contributed by atoms with van der Waals surface area (Å²) in [6.07, 6.45) is 0. The topological polar surface area (TPSA) is 16.4 Å². The molecule has 0 radical (unpaired) electrons. The smallest absolute Gasteiger partial charge is 0.143 e. The summed E-state index contributed by atoms with van der Waals surface area (Å²) in [6, 6.07) is 90.1. The van der Waals surface area contributed by atoms with Crippen LogP contribution in [-0.2, 0) is 5.41 Å². The second kappa shape index (κ2) is 15.1. The second-order valence-corrected chi connectivity index (χ2v) is 16.4. The molecule has 0 fully saturated rings. The molecule has 0 amide bonds. The maximum Gasteiger partial charge on any atom is 0.143 e. The van der Waals surface area contributed by atoms with Crippen molar-refractivity contribution in [2.45, 2.75) is 5.41 Å². The first-order chi connectivity index (χ1) is 31.2. The molecule has 0 unspecified atom stereocenters. The SMILES string of the molecule is c1ccc(-c2ccc(N(c3ccc(-c4cccc(-c5cccc6c5oc5ccccc56)c4)cc3)c3ccc(C4(c5ccccc5)c5ccccc5-c5ccccc54)cc3)cc2)cc1. The predicted molar refractivity (Wildman–Crippen MR) is 262 cm³/mol. The molecule has 1 heterocycles. The van der Waals surface area contributed by atoms with Crippen LogP contribution in [0.15, 0.2) is 253 Å². The van der Waals surface area contributed by atoms with Gasteiger partial charge in [-0.1, -0.05) is 200 Å². The summed E-state index contributed by atoms with van der Waals surface area (Å²) in [4.78, 5) is 2.37. The Hall–Kier alpha value is -8.20. The van der Waals surface area contributed by atoms with E-state index >= 15 is 0 Å². The van der Waals surface area contributed by atoms with E-state index in [0.29, 0.717) is 0 Å². The Morgan fingerprint density at radius 1 is 0.302 bits per heavy atom. The highest BCUT2D eigenvalue weighted by Gasteiger charge is 2.45. The molecule has 1 aliphatic carbocycles. The second-order valence-electron chi connectivity index (χ2n) is 16.4. The Labute approximate surface area is 367 Å². The van der Waals surface area contributed by atoms with E-state index < -0.39 is 5.41 Å². The van der Waals surface area contributed by atoms with E-state index in [1.807, 2.05) is 12.1 Å². The molecule has 0 spiro atoms. The van der Waals surface area contributed by atoms with E-state index in [2.05, 4.69) is 241 Å². The summed E-state index contributed by atoms with van der Waals surface area (Å²) in [5.74, 6) is 0. The van der Waals surface area contributed by atoms with Gasteiger partial charge in [-0.3, -0.25) is 0 Å². The van der Waals surface area contributed by atoms with Crippen molar-refractivity contribution in [1.82, 2.24) is 0 Å². The van der Waals surface area contributed by atoms with Gasteiger partial charge in [-0.2, -0.15) is 0 Å². The minimum atomic E-state index is -0.457. The minimum absolute atomic E-state index is 0.457. The number of nitrogens with zero attached hydrogens (tertiary/aromatic N) is 1. The van der Waals surface area contributed by atoms with Gasteiger partial charge in [0.05, 0.1) is 5.41 Å². The van der Waals surface area contributed by atoms with E-state index in [0.717, 1.165) is 61.3 Å². The van der Waals surface area contributed by atoms with Gasteiger partial charge in [-0.25, -0.2) is 0 Å². The summed E-state index contributed by atoms with van der Waals surface area (Å²) in [5, 5.41) is 2.27. The average molecular weight is 804 g/mol. The molecule has 0 N–H and O–H groups in total. The van der Waals surface area contributed by atoms with Crippen molar-refractivity contribution in [2.24, 2.45) is 0 Å². The number of benzene rings is 10. The standard InChI is InChI=1S/C61H41NO/c1-3-15-42(16-4-1)43-29-35-49(36-30-43)62(50-37-31-44(32-38-50)45-17-13-18-46(41-45)52-24-14-25-56-55-23-9-12-28-59(55)63-60(52)56)51-39-33-48(34-40-51)61(47-19-5-2-6-20-47)57-26-10-7-21-53(57)54-22-8-11-27-58(54)61/h1-41H. The Balaban J connectivity index is 0.951. The van der Waals surface area contributed by atoms with Gasteiger partial charge in [0.15, 0.2) is 0 Å². The maximum atomic E-state index is 6.43. The number of anilines is 3. The third-order valence-corrected chi connectivity index (χ3v) is 13.0. The van der Waals surface area contributed by atoms with Crippen LogP contribution in [0.5, 0.6) is 0 Å². The molecule has 10 aromatic carbocycles. The van der Waals surface area contributed by atoms with Crippen LogP contribution in [0.2, 0.25) is 0 Å². The molecule has 296 valence electrons. The molecule has 12 rings (SSSR count). The lowest BCUT2D eigenvalue weighted by molar-refractivity contribution is 0.670. The number of rotatable bonds is 8. The molecule has 0 atom stereocenters. The number of para-hydroxylation sites is 2. The fourth-order valence-electron chi connectivity index (χ4n) is 10.1. The van der Waals surface area contributed by atoms with Crippen molar-refractivity contribution < 1.29 is 4.42 Å². The van der Waals surface area contributed by atoms with Gasteiger partial charge < -0.3 is 9.32 Å². The predicted octanol–water partition coefficient (Wildman–Crippen LogP) is 16.4. The number of hydrogen-bond acceptors (Lipinski definition) is 2. The molecule has 2 nitrogen and oxygen atoms in total. The van der Waals surface area contributed by atoms with Crippen molar-refractivity contribution in [3.63, 3.8) is 0 Å². The van der Waals surface area contributed by atoms with E-state index in [9.17, 15) is 0 Å². The molecule has 0 saturated carbocycles. The van der Waals surface area contributed by atoms with Gasteiger partial charge in [0.2, 0.25) is 0 Å². The molecule has 0 bridgehead atoms. The monoisotopic (exact) mass is 803 g/mol. The Morgan fingerprint density at radius 2 is 0.746 bits per heavy atom. The summed E-state index contributed by atoms with van der Waals surface area (Å²) < 4.78 is 6.43. The van der Waals surface area contributed by atoms with Gasteiger partial charge in [-0.15, -0.1) is 0 Å². The lowest BCUT2D eigenvalue weighted by atomic mass is 9.68. The van der Waals surface area contributed by atoms with E-state index in [1.165, 1.54) is 44.5 Å². The van der Waals surface area contributed by atoms with E-state index in [1.54, 1.807) is 0 Å². The fourth-order valence-corrected chi connectivity index (χ4v) is 10.1. The van der Waals surface area contributed by atoms with Crippen LogP contribution in [0.3, 0.4) is 0 Å². The number of furan rings is 1. The molecule has 2 heteroatoms. The Bertz CT molecular complexity index is 3370. The van der Waals surface area contributed by atoms with Gasteiger partial charge in [0.1, 0.15) is 11.2 Å². The average Bonchev–Trinajstić information content (AvgIpc) is 3.90. The van der Waals surface area contributed by atoms with Gasteiger partial charge in [-0.05, 0) is 110 Å². The van der Waals surface area contributed by atoms with Crippen molar-refractivity contribution in [3.05, 3.63) is 271 Å². The molecule has 1 aromatic heterocycles. The molecular formula is C61H41NO. The molecule has 0 aliphatic heterocycles. The van der Waals surface area contributed by atoms with Crippen LogP contribution in [0, 0.1) is 0 Å². The van der Waals surface area contributed by atoms with Crippen LogP contribution in [0.25, 0.3) is 66.4 Å². The van der Waals surface area contributed by atoms with Gasteiger partial charge in [0, 0.05) is 33.4 Å². The van der Waals surface area contributed by atoms with Crippen LogP contribution >= 0.6 is 0 Å². The summed E-state index contributed by atoms with van der Waals surface area (Å²) in [7, 11) is 0. The van der Waals surface area contributed by atoms with Crippen LogP contribution < -0.4 is 4.90 Å². The van der Waals surface area contributed by atoms with Crippen LogP contribution in [0.1, 0.15) is 22.3 Å². The summed E-state index contributed by atoms with van der Waals surface area (Å²) >= 11 is 0. The van der Waals surface area contributed by atoms with Crippen LogP contribution in [0.4, 0.5) is 17.1 Å². The minimum Gasteiger partial charge on any atom is -0.455 e. The third kappa shape index (κ3) is 6.02. The van der Waals surface area contributed by atoms with Gasteiger partial charge >= 0.3 is 0 Å². The fraction of sp³-hybridized carbons (Fsp3) is 0.0164. The molecule has 1 aliphatic rings. The highest BCUT2D eigenvalue weighted by molar-refractivity contribution is 6.09. The highest BCUT2D eigenvalue weighted by Crippen LogP contribution is 2.56. The van der Waals surface area contributed by atoms with E-state index in [4.69, 9.17) is 4.42 Å². The molecule has 63 heavy (non-hydrogen) atoms. The van der Waals surface area contributed by atoms with Gasteiger partial charge in [0.25, 0.3) is 0 Å². The number of hydrogen-bond donors (Lipinski definition) is 0. The molecular weight excluding hydrogens is 763 g/mol. The highest BCUT2D eigenvalue weighted by atomic mass is 16.3. The first-order valence-corrected chi connectivity index (χ1v) is 21.7. The lowest BCUT2D eigenvalue weighted by Crippen LogP contribution is -2.28. The Kier molecular flexibility index (Phi) is 8.76. The largest absolute Gasteiger partial charge is 0.455 e. The van der Waals surface area contributed by atoms with Crippen molar-refractivity contribution in [3.8, 4) is 44.5 Å². The zero-order valence-electron chi connectivity index (χ0n) is 34.5. The maximum absolute atomic E-state index is 6.43. The quantitative estimate of drug-likeness (QED) is 0.152. The first-order valence-electron chi connectivity index (χ1n) is 21.7. The number of fused-ring (bicyclic) bond motifs is 6. The first kappa shape index (κ1) is 36.6. The van der Waals surface area contributed by atoms with Crippen molar-refractivity contribution in [2.75, 3.05) is 4.90 Å². The lowest BCUT2D eigenvalue weighted by Gasteiger charge is -2.34. The van der Waals surface area contributed by atoms with Crippen molar-refractivity contribution >= 4 is 39.0 Å². The third-order valence-electron chi connectivity index (χ3n) is 13.0. The van der Waals surface area contributed by atoms with Crippen LogP contribution in [-0.4, -0.2) is 0 Å².